The molecule has 0 aliphatic carbocycles. The minimum Gasteiger partial charge on any atom is -0.464 e. The fourth-order valence-corrected chi connectivity index (χ4v) is 1.05. The molecule has 2 amide bonds. The van der Waals surface area contributed by atoms with E-state index in [1.807, 2.05) is 0 Å². The molecule has 16 heavy (non-hydrogen) atoms. The molecule has 0 aromatic carbocycles. The van der Waals surface area contributed by atoms with Crippen LogP contribution >= 0.6 is 0 Å². The standard InChI is InChI=1S/C10H12N2O4/c1-11(16-2)9(13)8-5-3-4-6-12(7-8)10(14)15/h3-7H,1-2H3,(H,14,15). The summed E-state index contributed by atoms with van der Waals surface area (Å²) in [5.41, 5.74) is 0.219. The zero-order valence-corrected chi connectivity index (χ0v) is 8.95. The first kappa shape index (κ1) is 12.0. The van der Waals surface area contributed by atoms with Crippen molar-refractivity contribution in [2.75, 3.05) is 14.2 Å². The van der Waals surface area contributed by atoms with Crippen LogP contribution in [-0.2, 0) is 9.63 Å². The van der Waals surface area contributed by atoms with Crippen LogP contribution in [0.15, 0.2) is 36.2 Å². The summed E-state index contributed by atoms with van der Waals surface area (Å²) in [6, 6.07) is 0. The van der Waals surface area contributed by atoms with Crippen molar-refractivity contribution in [3.05, 3.63) is 36.2 Å². The molecule has 0 radical (unpaired) electrons. The average Bonchev–Trinajstić information content (AvgIpc) is 2.52. The molecule has 6 heteroatoms. The van der Waals surface area contributed by atoms with Crippen LogP contribution in [0.5, 0.6) is 0 Å². The molecular weight excluding hydrogens is 212 g/mol. The highest BCUT2D eigenvalue weighted by Crippen LogP contribution is 2.09. The lowest BCUT2D eigenvalue weighted by atomic mass is 10.2. The largest absolute Gasteiger partial charge is 0.464 e. The number of rotatable bonds is 2. The van der Waals surface area contributed by atoms with Crippen LogP contribution < -0.4 is 0 Å². The van der Waals surface area contributed by atoms with Crippen LogP contribution in [0.4, 0.5) is 4.79 Å². The Morgan fingerprint density at radius 1 is 1.44 bits per heavy atom. The van der Waals surface area contributed by atoms with Gasteiger partial charge >= 0.3 is 6.09 Å². The second-order valence-electron chi connectivity index (χ2n) is 2.96. The second kappa shape index (κ2) is 5.13. The third kappa shape index (κ3) is 2.71. The van der Waals surface area contributed by atoms with Crippen molar-refractivity contribution in [2.45, 2.75) is 0 Å². The predicted molar refractivity (Wildman–Crippen MR) is 56.0 cm³/mol. The summed E-state index contributed by atoms with van der Waals surface area (Å²) in [7, 11) is 2.80. The van der Waals surface area contributed by atoms with E-state index in [2.05, 4.69) is 0 Å². The van der Waals surface area contributed by atoms with Gasteiger partial charge in [0.05, 0.1) is 12.7 Å². The van der Waals surface area contributed by atoms with E-state index in [4.69, 9.17) is 9.94 Å². The van der Waals surface area contributed by atoms with Gasteiger partial charge in [-0.15, -0.1) is 0 Å². The first-order chi connectivity index (χ1) is 7.56. The van der Waals surface area contributed by atoms with Gasteiger partial charge in [-0.1, -0.05) is 6.08 Å². The van der Waals surface area contributed by atoms with Gasteiger partial charge in [-0.3, -0.25) is 14.5 Å². The molecule has 1 heterocycles. The molecule has 0 fully saturated rings. The van der Waals surface area contributed by atoms with E-state index >= 15 is 0 Å². The number of allylic oxidation sites excluding steroid dienone is 2. The van der Waals surface area contributed by atoms with Crippen molar-refractivity contribution >= 4 is 12.0 Å². The van der Waals surface area contributed by atoms with E-state index in [-0.39, 0.29) is 5.57 Å². The van der Waals surface area contributed by atoms with Crippen LogP contribution in [0.2, 0.25) is 0 Å². The number of carboxylic acid groups (broad SMARTS) is 1. The van der Waals surface area contributed by atoms with Crippen LogP contribution in [-0.4, -0.2) is 41.2 Å². The van der Waals surface area contributed by atoms with Crippen LogP contribution in [0.1, 0.15) is 0 Å². The molecule has 6 nitrogen and oxygen atoms in total. The minimum absolute atomic E-state index is 0.219. The minimum atomic E-state index is -1.16. The highest BCUT2D eigenvalue weighted by molar-refractivity contribution is 5.96. The number of likely N-dealkylation sites (N-methyl/N-ethyl adjacent to an activating group) is 1. The third-order valence-electron chi connectivity index (χ3n) is 1.94. The molecule has 1 aliphatic rings. The molecule has 86 valence electrons. The quantitative estimate of drug-likeness (QED) is 0.709. The number of carbonyl (C=O) groups excluding carboxylic acids is 1. The molecule has 1 N–H and O–H groups in total. The van der Waals surface area contributed by atoms with Gasteiger partial charge in [-0.2, -0.15) is 0 Å². The number of amides is 2. The lowest BCUT2D eigenvalue weighted by Crippen LogP contribution is -2.28. The summed E-state index contributed by atoms with van der Waals surface area (Å²) >= 11 is 0. The van der Waals surface area contributed by atoms with E-state index in [1.165, 1.54) is 38.7 Å². The van der Waals surface area contributed by atoms with E-state index in [9.17, 15) is 9.59 Å². The zero-order valence-electron chi connectivity index (χ0n) is 8.95. The fourth-order valence-electron chi connectivity index (χ4n) is 1.05. The Balaban J connectivity index is 2.95. The summed E-state index contributed by atoms with van der Waals surface area (Å²) in [5.74, 6) is -0.422. The van der Waals surface area contributed by atoms with Gasteiger partial charge in [-0.25, -0.2) is 9.86 Å². The maximum Gasteiger partial charge on any atom is 0.415 e. The Kier molecular flexibility index (Phi) is 3.84. The Morgan fingerprint density at radius 3 is 2.69 bits per heavy atom. The molecule has 1 rings (SSSR count). The second-order valence-corrected chi connectivity index (χ2v) is 2.96. The van der Waals surface area contributed by atoms with Crippen molar-refractivity contribution < 1.29 is 19.5 Å². The average molecular weight is 224 g/mol. The van der Waals surface area contributed by atoms with Gasteiger partial charge in [0, 0.05) is 19.4 Å². The van der Waals surface area contributed by atoms with Crippen LogP contribution in [0.3, 0.4) is 0 Å². The van der Waals surface area contributed by atoms with Crippen molar-refractivity contribution in [3.63, 3.8) is 0 Å². The summed E-state index contributed by atoms with van der Waals surface area (Å²) in [6.45, 7) is 0. The fraction of sp³-hybridized carbons (Fsp3) is 0.200. The molecule has 0 aromatic rings. The lowest BCUT2D eigenvalue weighted by Gasteiger charge is -2.15. The molecule has 1 aliphatic heterocycles. The number of hydrogen-bond acceptors (Lipinski definition) is 3. The van der Waals surface area contributed by atoms with E-state index in [0.717, 1.165) is 9.96 Å². The van der Waals surface area contributed by atoms with E-state index in [1.54, 1.807) is 6.08 Å². The Labute approximate surface area is 92.7 Å². The lowest BCUT2D eigenvalue weighted by molar-refractivity contribution is -0.163. The number of hydroxylamine groups is 2. The maximum absolute atomic E-state index is 11.7. The number of hydrogen-bond donors (Lipinski definition) is 1. The number of nitrogens with zero attached hydrogens (tertiary/aromatic N) is 2. The van der Waals surface area contributed by atoms with Gasteiger partial charge < -0.3 is 5.11 Å². The summed E-state index contributed by atoms with van der Waals surface area (Å²) < 4.78 is 0. The Hall–Kier alpha value is -2.08. The molecule has 0 spiro atoms. The van der Waals surface area contributed by atoms with Gasteiger partial charge in [0.2, 0.25) is 0 Å². The molecule has 0 aromatic heterocycles. The predicted octanol–water partition coefficient (Wildman–Crippen LogP) is 0.954. The molecule has 0 saturated carbocycles. The summed E-state index contributed by atoms with van der Waals surface area (Å²) in [4.78, 5) is 28.1. The zero-order chi connectivity index (χ0) is 12.1. The van der Waals surface area contributed by atoms with Crippen molar-refractivity contribution in [3.8, 4) is 0 Å². The monoisotopic (exact) mass is 224 g/mol. The first-order valence-corrected chi connectivity index (χ1v) is 4.46. The normalized spacial score (nSPS) is 14.4. The van der Waals surface area contributed by atoms with Crippen molar-refractivity contribution in [1.29, 1.82) is 0 Å². The van der Waals surface area contributed by atoms with E-state index < -0.39 is 12.0 Å². The molecular formula is C10H12N2O4. The number of carbonyl (C=O) groups is 2. The van der Waals surface area contributed by atoms with Gasteiger partial charge in [0.15, 0.2) is 0 Å². The van der Waals surface area contributed by atoms with Crippen molar-refractivity contribution in [2.24, 2.45) is 0 Å². The SMILES string of the molecule is CON(C)C(=O)C1=CN(C(=O)O)C=CC=C1. The highest BCUT2D eigenvalue weighted by Gasteiger charge is 2.16. The van der Waals surface area contributed by atoms with E-state index in [0.29, 0.717) is 0 Å². The molecule has 0 saturated heterocycles. The summed E-state index contributed by atoms with van der Waals surface area (Å²) in [5, 5.41) is 9.82. The van der Waals surface area contributed by atoms with Crippen LogP contribution in [0.25, 0.3) is 0 Å². The first-order valence-electron chi connectivity index (χ1n) is 4.46. The van der Waals surface area contributed by atoms with Crippen molar-refractivity contribution in [1.82, 2.24) is 9.96 Å². The highest BCUT2D eigenvalue weighted by atomic mass is 16.7. The molecule has 0 bridgehead atoms. The summed E-state index contributed by atoms with van der Waals surface area (Å²) in [6.07, 6.45) is 6.02. The third-order valence-corrected chi connectivity index (χ3v) is 1.94. The molecule has 0 unspecified atom stereocenters. The van der Waals surface area contributed by atoms with Crippen LogP contribution in [0, 0.1) is 0 Å². The van der Waals surface area contributed by atoms with Gasteiger partial charge in [-0.05, 0) is 12.2 Å². The Bertz CT molecular complexity index is 384. The van der Waals surface area contributed by atoms with Gasteiger partial charge in [0.1, 0.15) is 0 Å². The Morgan fingerprint density at radius 2 is 2.12 bits per heavy atom. The van der Waals surface area contributed by atoms with Gasteiger partial charge in [0.25, 0.3) is 5.91 Å². The smallest absolute Gasteiger partial charge is 0.415 e. The maximum atomic E-state index is 11.7. The topological polar surface area (TPSA) is 70.1 Å². The molecule has 0 atom stereocenters.